The molecule has 8 rings (SSSR count). The number of primary amides is 1. The number of nitrogens with zero attached hydrogens (tertiary/aromatic N) is 6. The third kappa shape index (κ3) is 14.4. The molecule has 4 aromatic rings. The highest BCUT2D eigenvalue weighted by Gasteiger charge is 2.44. The van der Waals surface area contributed by atoms with E-state index in [9.17, 15) is 28.8 Å². The van der Waals surface area contributed by atoms with Crippen molar-refractivity contribution in [1.82, 2.24) is 35.4 Å². The van der Waals surface area contributed by atoms with E-state index >= 15 is 0 Å². The molecule has 6 amide bonds. The standard InChI is InChI=1S/C52H63N11O12/c53-46(35-6-9-38(10-7-35)75-37-4-2-1-3-5-37)45(47(54)65)48-56-17-14-41(57-48)34-15-19-61(20-16-34)52(69)42-33-62(60-59-42)21-23-71-25-27-73-29-31-74-30-28-72-26-24-70-22-18-55-36-8-11-39-40(32-36)51(68)63(50(39)67)43-12-13-44(64)58-49(43)66/h1-11,32-34,41,43,55H,12-31,53H2,(H2,54,65)(H,56,57)(H,58,64,66)/t41-,43?/m0/s1. The maximum Gasteiger partial charge on any atom is 0.276 e. The van der Waals surface area contributed by atoms with Crippen LogP contribution in [-0.4, -0.2) is 170 Å². The molecule has 0 radical (unpaired) electrons. The van der Waals surface area contributed by atoms with Gasteiger partial charge in [-0.3, -0.25) is 44.0 Å². The second-order valence-corrected chi connectivity index (χ2v) is 18.1. The summed E-state index contributed by atoms with van der Waals surface area (Å²) in [5.74, 6) is -1.09. The molecule has 23 nitrogen and oxygen atoms in total. The van der Waals surface area contributed by atoms with Gasteiger partial charge in [0.1, 0.15) is 28.9 Å². The number of amidine groups is 1. The maximum absolute atomic E-state index is 13.4. The highest BCUT2D eigenvalue weighted by Crippen LogP contribution is 2.31. The molecular formula is C52H63N11O12. The van der Waals surface area contributed by atoms with Crippen LogP contribution < -0.4 is 32.2 Å². The van der Waals surface area contributed by atoms with Gasteiger partial charge in [0, 0.05) is 44.3 Å². The molecule has 0 spiro atoms. The summed E-state index contributed by atoms with van der Waals surface area (Å²) in [4.78, 5) is 83.2. The van der Waals surface area contributed by atoms with E-state index in [1.165, 1.54) is 0 Å². The number of fused-ring (bicyclic) bond motifs is 1. The molecule has 0 bridgehead atoms. The monoisotopic (exact) mass is 1030 g/mol. The quantitative estimate of drug-likeness (QED) is 0.0325. The third-order valence-electron chi connectivity index (χ3n) is 13.1. The first kappa shape index (κ1) is 53.7. The summed E-state index contributed by atoms with van der Waals surface area (Å²) in [6, 6.07) is 20.4. The second-order valence-electron chi connectivity index (χ2n) is 18.1. The van der Waals surface area contributed by atoms with Gasteiger partial charge in [0.05, 0.1) is 95.6 Å². The second kappa shape index (κ2) is 26.6. The first-order valence-corrected chi connectivity index (χ1v) is 25.2. The lowest BCUT2D eigenvalue weighted by Gasteiger charge is -2.38. The number of piperidine rings is 2. The van der Waals surface area contributed by atoms with Crippen LogP contribution in [0.25, 0.3) is 5.70 Å². The molecule has 2 saturated heterocycles. The fraction of sp³-hybridized carbons (Fsp3) is 0.442. The van der Waals surface area contributed by atoms with Gasteiger partial charge in [0.15, 0.2) is 5.69 Å². The number of rotatable bonds is 27. The number of likely N-dealkylation sites (tertiary alicyclic amines) is 1. The number of carbonyl (C=O) groups is 6. The first-order valence-electron chi connectivity index (χ1n) is 25.2. The predicted molar refractivity (Wildman–Crippen MR) is 271 cm³/mol. The molecule has 4 aliphatic rings. The minimum atomic E-state index is -1.01. The van der Waals surface area contributed by atoms with Crippen molar-refractivity contribution in [1.29, 1.82) is 0 Å². The van der Waals surface area contributed by atoms with Gasteiger partial charge >= 0.3 is 0 Å². The molecule has 398 valence electrons. The molecule has 0 aliphatic carbocycles. The molecule has 2 atom stereocenters. The Balaban J connectivity index is 0.622. The van der Waals surface area contributed by atoms with Crippen LogP contribution in [0.5, 0.6) is 11.5 Å². The lowest BCUT2D eigenvalue weighted by molar-refractivity contribution is -0.136. The van der Waals surface area contributed by atoms with Crippen molar-refractivity contribution in [2.75, 3.05) is 97.6 Å². The van der Waals surface area contributed by atoms with Crippen LogP contribution in [0, 0.1) is 5.92 Å². The number of aromatic nitrogens is 3. The molecule has 7 N–H and O–H groups in total. The Morgan fingerprint density at radius 2 is 1.36 bits per heavy atom. The van der Waals surface area contributed by atoms with Crippen molar-refractivity contribution in [3.63, 3.8) is 0 Å². The van der Waals surface area contributed by atoms with Gasteiger partial charge in [-0.15, -0.1) is 5.10 Å². The van der Waals surface area contributed by atoms with Gasteiger partial charge in [-0.1, -0.05) is 23.4 Å². The van der Waals surface area contributed by atoms with Crippen LogP contribution in [0.1, 0.15) is 68.9 Å². The average molecular weight is 1030 g/mol. The number of benzene rings is 3. The molecule has 1 aromatic heterocycles. The number of hydrogen-bond donors (Lipinski definition) is 5. The highest BCUT2D eigenvalue weighted by atomic mass is 16.6. The Morgan fingerprint density at radius 1 is 0.720 bits per heavy atom. The molecule has 1 unspecified atom stereocenters. The van der Waals surface area contributed by atoms with Crippen LogP contribution in [-0.2, 0) is 44.6 Å². The third-order valence-corrected chi connectivity index (χ3v) is 13.1. The smallest absolute Gasteiger partial charge is 0.276 e. The zero-order valence-electron chi connectivity index (χ0n) is 41.6. The number of para-hydroxylation sites is 1. The summed E-state index contributed by atoms with van der Waals surface area (Å²) >= 11 is 0. The lowest BCUT2D eigenvalue weighted by Crippen LogP contribution is -2.54. The number of hydrogen-bond acceptors (Lipinski definition) is 18. The van der Waals surface area contributed by atoms with Gasteiger partial charge in [-0.05, 0) is 91.8 Å². The van der Waals surface area contributed by atoms with Crippen molar-refractivity contribution in [3.05, 3.63) is 107 Å². The summed E-state index contributed by atoms with van der Waals surface area (Å²) in [5.41, 5.74) is 14.7. The zero-order chi connectivity index (χ0) is 52.5. The Hall–Kier alpha value is -7.57. The summed E-state index contributed by atoms with van der Waals surface area (Å²) in [7, 11) is 0. The van der Waals surface area contributed by atoms with Crippen LogP contribution >= 0.6 is 0 Å². The summed E-state index contributed by atoms with van der Waals surface area (Å²) in [6.45, 7) is 6.34. The Morgan fingerprint density at radius 3 is 2.03 bits per heavy atom. The number of nitrogens with two attached hydrogens (primary N) is 2. The fourth-order valence-electron chi connectivity index (χ4n) is 9.12. The Labute approximate surface area is 433 Å². The number of ether oxygens (including phenoxy) is 6. The van der Waals surface area contributed by atoms with E-state index in [0.29, 0.717) is 127 Å². The molecule has 75 heavy (non-hydrogen) atoms. The summed E-state index contributed by atoms with van der Waals surface area (Å²) < 4.78 is 35.5. The number of nitrogens with one attached hydrogen (secondary N) is 3. The zero-order valence-corrected chi connectivity index (χ0v) is 41.6. The summed E-state index contributed by atoms with van der Waals surface area (Å²) in [6.07, 6.45) is 4.08. The number of anilines is 1. The predicted octanol–water partition coefficient (Wildman–Crippen LogP) is 2.13. The van der Waals surface area contributed by atoms with Crippen molar-refractivity contribution < 1.29 is 57.2 Å². The number of imide groups is 2. The van der Waals surface area contributed by atoms with Gasteiger partial charge in [0.25, 0.3) is 23.6 Å². The minimum Gasteiger partial charge on any atom is -0.457 e. The van der Waals surface area contributed by atoms with Gasteiger partial charge in [-0.2, -0.15) is 0 Å². The first-order chi connectivity index (χ1) is 36.5. The van der Waals surface area contributed by atoms with E-state index in [1.54, 1.807) is 58.2 Å². The average Bonchev–Trinajstić information content (AvgIpc) is 3.99. The van der Waals surface area contributed by atoms with E-state index in [2.05, 4.69) is 31.3 Å². The van der Waals surface area contributed by atoms with Gasteiger partial charge in [0.2, 0.25) is 11.8 Å². The normalized spacial score (nSPS) is 18.3. The largest absolute Gasteiger partial charge is 0.457 e. The molecular weight excluding hydrogens is 971 g/mol. The topological polar surface area (TPSA) is 295 Å². The number of carbonyl (C=O) groups excluding carboxylic acids is 6. The van der Waals surface area contributed by atoms with Crippen LogP contribution in [0.3, 0.4) is 0 Å². The van der Waals surface area contributed by atoms with E-state index in [4.69, 9.17) is 39.9 Å². The summed E-state index contributed by atoms with van der Waals surface area (Å²) in [5, 5.41) is 17.1. The van der Waals surface area contributed by atoms with Crippen molar-refractivity contribution in [2.45, 2.75) is 50.7 Å². The van der Waals surface area contributed by atoms with Gasteiger partial charge in [-0.25, -0.2) is 4.68 Å². The fourth-order valence-corrected chi connectivity index (χ4v) is 9.12. The van der Waals surface area contributed by atoms with E-state index in [0.717, 1.165) is 24.2 Å². The van der Waals surface area contributed by atoms with Crippen LogP contribution in [0.15, 0.2) is 89.6 Å². The molecule has 4 aliphatic heterocycles. The van der Waals surface area contributed by atoms with E-state index in [-0.39, 0.29) is 58.8 Å². The SMILES string of the molecule is NC(=O)C(C1=NCC[C@@H](C2CCN(C(=O)c3cn(CCOCCOCCOCCOCCOCCNc4ccc5c(c4)C(=O)N(C4CCC(=O)NC4=O)C5=O)nn3)CC2)N1)=C(N)c1ccc(Oc2ccccc2)cc1. The lowest BCUT2D eigenvalue weighted by atomic mass is 9.86. The number of aliphatic imine (C=N–C) groups is 1. The molecule has 5 heterocycles. The highest BCUT2D eigenvalue weighted by molar-refractivity contribution is 6.25. The Kier molecular flexibility index (Phi) is 19.0. The van der Waals surface area contributed by atoms with Crippen molar-refractivity contribution in [3.8, 4) is 11.5 Å². The van der Waals surface area contributed by atoms with Crippen molar-refractivity contribution >= 4 is 52.7 Å². The van der Waals surface area contributed by atoms with Crippen LogP contribution in [0.4, 0.5) is 5.69 Å². The van der Waals surface area contributed by atoms with E-state index in [1.807, 2.05) is 30.3 Å². The van der Waals surface area contributed by atoms with Crippen LogP contribution in [0.2, 0.25) is 0 Å². The van der Waals surface area contributed by atoms with Gasteiger partial charge < -0.3 is 55.4 Å². The molecule has 2 fully saturated rings. The minimum absolute atomic E-state index is 0.0235. The number of amides is 6. The van der Waals surface area contributed by atoms with Crippen molar-refractivity contribution in [2.24, 2.45) is 22.4 Å². The molecule has 0 saturated carbocycles. The molecule has 23 heteroatoms. The molecule has 3 aromatic carbocycles. The maximum atomic E-state index is 13.4. The van der Waals surface area contributed by atoms with E-state index < -0.39 is 35.6 Å². The Bertz CT molecular complexity index is 2710.